The molecule has 2 N–H and O–H groups in total. The number of pyridine rings is 1. The van der Waals surface area contributed by atoms with Crippen molar-refractivity contribution in [2.24, 2.45) is 0 Å². The van der Waals surface area contributed by atoms with Gasteiger partial charge in [-0.3, -0.25) is 0 Å². The number of ether oxygens (including phenoxy) is 2. The number of rotatable bonds is 6. The minimum absolute atomic E-state index is 0.368. The molecule has 0 radical (unpaired) electrons. The Balaban J connectivity index is 2.03. The molecule has 1 aromatic heterocycles. The Morgan fingerprint density at radius 3 is 2.60 bits per heavy atom. The number of hydrogen-bond acceptors (Lipinski definition) is 5. The number of anilines is 1. The molecule has 1 aromatic carbocycles. The number of nitrogens with zero attached hydrogens (tertiary/aromatic N) is 1. The lowest BCUT2D eigenvalue weighted by atomic mass is 10.1. The second kappa shape index (κ2) is 6.77. The number of hydrogen-bond donors (Lipinski definition) is 2. The number of benzene rings is 1. The molecule has 5 heteroatoms. The fourth-order valence-electron chi connectivity index (χ4n) is 1.85. The van der Waals surface area contributed by atoms with Gasteiger partial charge in [0.05, 0.1) is 20.3 Å². The average Bonchev–Trinajstić information content (AvgIpc) is 2.52. The van der Waals surface area contributed by atoms with Crippen molar-refractivity contribution in [1.82, 2.24) is 4.98 Å². The van der Waals surface area contributed by atoms with E-state index in [0.717, 1.165) is 11.4 Å². The van der Waals surface area contributed by atoms with Gasteiger partial charge in [-0.05, 0) is 29.8 Å². The van der Waals surface area contributed by atoms with Crippen LogP contribution in [-0.4, -0.2) is 30.9 Å². The van der Waals surface area contributed by atoms with Crippen LogP contribution in [0.5, 0.6) is 11.5 Å². The normalized spacial score (nSPS) is 11.8. The molecule has 2 aromatic rings. The molecule has 0 aliphatic rings. The summed E-state index contributed by atoms with van der Waals surface area (Å²) in [5.41, 5.74) is 0.756. The van der Waals surface area contributed by atoms with Crippen molar-refractivity contribution >= 4 is 5.82 Å². The van der Waals surface area contributed by atoms with E-state index >= 15 is 0 Å². The maximum absolute atomic E-state index is 10.2. The number of aliphatic hydroxyl groups excluding tert-OH is 1. The zero-order chi connectivity index (χ0) is 14.4. The first kappa shape index (κ1) is 14.1. The molecule has 106 valence electrons. The third kappa shape index (κ3) is 3.39. The van der Waals surface area contributed by atoms with Crippen molar-refractivity contribution in [1.29, 1.82) is 0 Å². The standard InChI is InChI=1S/C15H18N2O3/c1-19-13-7-6-11(9-14(13)20-2)12(18)10-17-15-5-3-4-8-16-15/h3-9,12,18H,10H2,1-2H3,(H,16,17)/t12-/m1/s1. The van der Waals surface area contributed by atoms with E-state index in [1.165, 1.54) is 0 Å². The summed E-state index contributed by atoms with van der Waals surface area (Å²) in [6, 6.07) is 10.9. The Labute approximate surface area is 118 Å². The zero-order valence-electron chi connectivity index (χ0n) is 11.5. The van der Waals surface area contributed by atoms with Crippen LogP contribution in [-0.2, 0) is 0 Å². The van der Waals surface area contributed by atoms with E-state index < -0.39 is 6.10 Å². The van der Waals surface area contributed by atoms with E-state index in [-0.39, 0.29) is 0 Å². The van der Waals surface area contributed by atoms with Crippen molar-refractivity contribution in [3.05, 3.63) is 48.2 Å². The van der Waals surface area contributed by atoms with E-state index in [1.54, 1.807) is 32.5 Å². The zero-order valence-corrected chi connectivity index (χ0v) is 11.5. The summed E-state index contributed by atoms with van der Waals surface area (Å²) in [6.07, 6.45) is 1.04. The van der Waals surface area contributed by atoms with Crippen molar-refractivity contribution in [2.75, 3.05) is 26.1 Å². The molecule has 0 saturated heterocycles. The van der Waals surface area contributed by atoms with Gasteiger partial charge < -0.3 is 19.9 Å². The highest BCUT2D eigenvalue weighted by molar-refractivity contribution is 5.44. The number of methoxy groups -OCH3 is 2. The molecule has 5 nitrogen and oxygen atoms in total. The highest BCUT2D eigenvalue weighted by Gasteiger charge is 2.11. The fourth-order valence-corrected chi connectivity index (χ4v) is 1.85. The number of aromatic nitrogens is 1. The highest BCUT2D eigenvalue weighted by Crippen LogP contribution is 2.29. The molecule has 1 heterocycles. The Hall–Kier alpha value is -2.27. The molecule has 2 rings (SSSR count). The van der Waals surface area contributed by atoms with E-state index in [0.29, 0.717) is 18.0 Å². The predicted octanol–water partition coefficient (Wildman–Crippen LogP) is 2.24. The first-order chi connectivity index (χ1) is 9.74. The molecular formula is C15H18N2O3. The maximum atomic E-state index is 10.2. The minimum atomic E-state index is -0.656. The van der Waals surface area contributed by atoms with Gasteiger partial charge in [0.1, 0.15) is 5.82 Å². The third-order valence-electron chi connectivity index (χ3n) is 2.93. The Morgan fingerprint density at radius 2 is 1.95 bits per heavy atom. The SMILES string of the molecule is COc1ccc([C@H](O)CNc2ccccn2)cc1OC. The molecule has 0 fully saturated rings. The summed E-state index contributed by atoms with van der Waals surface area (Å²) in [4.78, 5) is 4.14. The van der Waals surface area contributed by atoms with Crippen LogP contribution in [0.4, 0.5) is 5.82 Å². The van der Waals surface area contributed by atoms with Crippen LogP contribution >= 0.6 is 0 Å². The Morgan fingerprint density at radius 1 is 1.15 bits per heavy atom. The van der Waals surface area contributed by atoms with Gasteiger partial charge in [0, 0.05) is 12.7 Å². The van der Waals surface area contributed by atoms with Crippen LogP contribution < -0.4 is 14.8 Å². The summed E-state index contributed by atoms with van der Waals surface area (Å²) in [7, 11) is 3.15. The van der Waals surface area contributed by atoms with Crippen molar-refractivity contribution in [3.63, 3.8) is 0 Å². The Bertz CT molecular complexity index is 546. The van der Waals surface area contributed by atoms with Gasteiger partial charge in [0.25, 0.3) is 0 Å². The molecule has 0 bridgehead atoms. The molecule has 0 amide bonds. The van der Waals surface area contributed by atoms with Crippen LogP contribution in [0, 0.1) is 0 Å². The molecule has 0 spiro atoms. The van der Waals surface area contributed by atoms with Gasteiger partial charge in [-0.25, -0.2) is 4.98 Å². The quantitative estimate of drug-likeness (QED) is 0.846. The minimum Gasteiger partial charge on any atom is -0.493 e. The van der Waals surface area contributed by atoms with Crippen LogP contribution in [0.25, 0.3) is 0 Å². The van der Waals surface area contributed by atoms with E-state index in [4.69, 9.17) is 9.47 Å². The van der Waals surface area contributed by atoms with E-state index in [1.807, 2.05) is 24.3 Å². The molecule has 0 aliphatic carbocycles. The topological polar surface area (TPSA) is 63.6 Å². The first-order valence-electron chi connectivity index (χ1n) is 6.29. The average molecular weight is 274 g/mol. The molecule has 0 unspecified atom stereocenters. The summed E-state index contributed by atoms with van der Waals surface area (Å²) in [5, 5.41) is 13.3. The van der Waals surface area contributed by atoms with Gasteiger partial charge in [-0.15, -0.1) is 0 Å². The number of nitrogens with one attached hydrogen (secondary N) is 1. The van der Waals surface area contributed by atoms with Crippen LogP contribution in [0.1, 0.15) is 11.7 Å². The second-order valence-electron chi connectivity index (χ2n) is 4.23. The van der Waals surface area contributed by atoms with Crippen LogP contribution in [0.2, 0.25) is 0 Å². The summed E-state index contributed by atoms with van der Waals surface area (Å²) in [5.74, 6) is 1.97. The molecule has 1 atom stereocenters. The van der Waals surface area contributed by atoms with Crippen molar-refractivity contribution in [2.45, 2.75) is 6.10 Å². The molecule has 0 saturated carbocycles. The van der Waals surface area contributed by atoms with Gasteiger partial charge in [-0.1, -0.05) is 12.1 Å². The summed E-state index contributed by atoms with van der Waals surface area (Å²) < 4.78 is 10.4. The van der Waals surface area contributed by atoms with Crippen LogP contribution in [0.3, 0.4) is 0 Å². The second-order valence-corrected chi connectivity index (χ2v) is 4.23. The summed E-state index contributed by atoms with van der Waals surface area (Å²) in [6.45, 7) is 0.368. The number of aliphatic hydroxyl groups is 1. The van der Waals surface area contributed by atoms with E-state index in [2.05, 4.69) is 10.3 Å². The molecular weight excluding hydrogens is 256 g/mol. The maximum Gasteiger partial charge on any atom is 0.161 e. The Kier molecular flexibility index (Phi) is 4.79. The fraction of sp³-hybridized carbons (Fsp3) is 0.267. The molecule has 20 heavy (non-hydrogen) atoms. The monoisotopic (exact) mass is 274 g/mol. The van der Waals surface area contributed by atoms with Gasteiger partial charge in [0.15, 0.2) is 11.5 Å². The van der Waals surface area contributed by atoms with Gasteiger partial charge in [0.2, 0.25) is 0 Å². The third-order valence-corrected chi connectivity index (χ3v) is 2.93. The lowest BCUT2D eigenvalue weighted by Crippen LogP contribution is -2.13. The van der Waals surface area contributed by atoms with Gasteiger partial charge >= 0.3 is 0 Å². The lowest BCUT2D eigenvalue weighted by Gasteiger charge is -2.15. The van der Waals surface area contributed by atoms with Crippen molar-refractivity contribution in [3.8, 4) is 11.5 Å². The van der Waals surface area contributed by atoms with Crippen LogP contribution in [0.15, 0.2) is 42.6 Å². The lowest BCUT2D eigenvalue weighted by molar-refractivity contribution is 0.191. The van der Waals surface area contributed by atoms with Gasteiger partial charge in [-0.2, -0.15) is 0 Å². The summed E-state index contributed by atoms with van der Waals surface area (Å²) >= 11 is 0. The first-order valence-corrected chi connectivity index (χ1v) is 6.29. The highest BCUT2D eigenvalue weighted by atomic mass is 16.5. The van der Waals surface area contributed by atoms with Crippen molar-refractivity contribution < 1.29 is 14.6 Å². The predicted molar refractivity (Wildman–Crippen MR) is 77.2 cm³/mol. The molecule has 0 aliphatic heterocycles. The largest absolute Gasteiger partial charge is 0.493 e. The smallest absolute Gasteiger partial charge is 0.161 e. The van der Waals surface area contributed by atoms with E-state index in [9.17, 15) is 5.11 Å².